The van der Waals surface area contributed by atoms with Gasteiger partial charge < -0.3 is 4.74 Å². The van der Waals surface area contributed by atoms with Crippen molar-refractivity contribution in [2.45, 2.75) is 33.4 Å². The average Bonchev–Trinajstić information content (AvgIpc) is 3.66. The minimum Gasteiger partial charge on any atom is -0.459 e. The standard InChI is InChI=1S/C36H29N3O/c1-21-17-26(25-11-6-5-7-12-25)18-22(2)32(21)28-20-27-29-13-8-9-16-37(29)36-33(27)35(28)40-31-15-10-14-30(34(31)36)38-23(3)19-24(4)39(36)38/h5-20,33H,1-4H3/q+2. The molecular formula is C36H29N3O+2. The minimum absolute atomic E-state index is 0.0467. The van der Waals surface area contributed by atoms with Crippen LogP contribution in [0.25, 0.3) is 28.0 Å². The summed E-state index contributed by atoms with van der Waals surface area (Å²) in [7, 11) is 0. The van der Waals surface area contributed by atoms with Crippen molar-refractivity contribution < 1.29 is 14.0 Å². The van der Waals surface area contributed by atoms with Gasteiger partial charge >= 0.3 is 5.66 Å². The van der Waals surface area contributed by atoms with Crippen molar-refractivity contribution in [3.05, 3.63) is 142 Å². The van der Waals surface area contributed by atoms with E-state index in [2.05, 4.69) is 139 Å². The van der Waals surface area contributed by atoms with Crippen molar-refractivity contribution in [3.8, 4) is 22.6 Å². The molecule has 2 atom stereocenters. The molecular weight excluding hydrogens is 490 g/mol. The minimum atomic E-state index is -0.451. The van der Waals surface area contributed by atoms with Crippen LogP contribution in [-0.2, 0) is 5.66 Å². The lowest BCUT2D eigenvalue weighted by Gasteiger charge is -2.29. The second-order valence-electron chi connectivity index (χ2n) is 11.6. The maximum atomic E-state index is 7.01. The molecule has 0 radical (unpaired) electrons. The van der Waals surface area contributed by atoms with Crippen molar-refractivity contribution >= 4 is 11.1 Å². The Balaban J connectivity index is 1.37. The van der Waals surface area contributed by atoms with Crippen molar-refractivity contribution in [2.24, 2.45) is 5.92 Å². The number of allylic oxidation sites excluding steroid dienone is 3. The van der Waals surface area contributed by atoms with Gasteiger partial charge in [-0.2, -0.15) is 0 Å². The predicted molar refractivity (Wildman–Crippen MR) is 155 cm³/mol. The fourth-order valence-electron chi connectivity index (χ4n) is 8.16. The Morgan fingerprint density at radius 3 is 2.38 bits per heavy atom. The lowest BCUT2D eigenvalue weighted by Crippen LogP contribution is -2.76. The first-order valence-corrected chi connectivity index (χ1v) is 14.1. The first-order valence-electron chi connectivity index (χ1n) is 14.1. The number of nitrogens with zero attached hydrogens (tertiary/aromatic N) is 3. The highest BCUT2D eigenvalue weighted by Gasteiger charge is 2.78. The monoisotopic (exact) mass is 519 g/mol. The van der Waals surface area contributed by atoms with Crippen LogP contribution in [0.2, 0.25) is 0 Å². The van der Waals surface area contributed by atoms with Gasteiger partial charge in [0.15, 0.2) is 17.7 Å². The van der Waals surface area contributed by atoms with Gasteiger partial charge in [0, 0.05) is 30.7 Å². The summed E-state index contributed by atoms with van der Waals surface area (Å²) in [5.74, 6) is 2.05. The maximum Gasteiger partial charge on any atom is 0.430 e. The van der Waals surface area contributed by atoms with E-state index in [1.807, 2.05) is 0 Å². The number of aryl methyl sites for hydroxylation is 4. The van der Waals surface area contributed by atoms with Gasteiger partial charge in [-0.15, -0.1) is 9.25 Å². The molecule has 4 aliphatic rings. The molecule has 0 saturated carbocycles. The van der Waals surface area contributed by atoms with E-state index in [1.165, 1.54) is 67.3 Å². The van der Waals surface area contributed by atoms with E-state index in [4.69, 9.17) is 4.74 Å². The van der Waals surface area contributed by atoms with Crippen LogP contribution in [0.4, 0.5) is 0 Å². The van der Waals surface area contributed by atoms with E-state index in [1.54, 1.807) is 0 Å². The van der Waals surface area contributed by atoms with Crippen LogP contribution in [-0.4, -0.2) is 4.68 Å². The van der Waals surface area contributed by atoms with E-state index < -0.39 is 5.66 Å². The quantitative estimate of drug-likeness (QED) is 0.249. The third kappa shape index (κ3) is 2.40. The van der Waals surface area contributed by atoms with Crippen LogP contribution in [0.15, 0.2) is 103 Å². The summed E-state index contributed by atoms with van der Waals surface area (Å²) in [6.07, 6.45) is 4.67. The van der Waals surface area contributed by atoms with Crippen molar-refractivity contribution in [3.63, 3.8) is 0 Å². The number of benzene rings is 3. The predicted octanol–water partition coefficient (Wildman–Crippen LogP) is 6.35. The number of ether oxygens (including phenoxy) is 1. The van der Waals surface area contributed by atoms with Crippen molar-refractivity contribution in [1.29, 1.82) is 0 Å². The molecule has 192 valence electrons. The number of rotatable bonds is 2. The lowest BCUT2D eigenvalue weighted by atomic mass is 9.81. The summed E-state index contributed by atoms with van der Waals surface area (Å²) < 4.78 is 14.4. The third-order valence-corrected chi connectivity index (χ3v) is 9.40. The van der Waals surface area contributed by atoms with Gasteiger partial charge in [-0.1, -0.05) is 48.5 Å². The number of pyridine rings is 1. The first kappa shape index (κ1) is 22.2. The molecule has 5 aromatic rings. The van der Waals surface area contributed by atoms with Crippen LogP contribution in [0.1, 0.15) is 39.3 Å². The fraction of sp³-hybridized carbons (Fsp3) is 0.167. The Morgan fingerprint density at radius 2 is 1.57 bits per heavy atom. The van der Waals surface area contributed by atoms with Crippen LogP contribution in [0.3, 0.4) is 0 Å². The van der Waals surface area contributed by atoms with Gasteiger partial charge in [0.25, 0.3) is 0 Å². The van der Waals surface area contributed by atoms with Gasteiger partial charge in [-0.05, 0) is 77.5 Å². The second-order valence-corrected chi connectivity index (χ2v) is 11.6. The van der Waals surface area contributed by atoms with Gasteiger partial charge in [0.1, 0.15) is 17.2 Å². The molecule has 40 heavy (non-hydrogen) atoms. The summed E-state index contributed by atoms with van der Waals surface area (Å²) >= 11 is 0. The average molecular weight is 520 g/mol. The molecule has 0 N–H and O–H groups in total. The summed E-state index contributed by atoms with van der Waals surface area (Å²) in [6, 6.07) is 30.7. The van der Waals surface area contributed by atoms with Gasteiger partial charge in [-0.25, -0.2) is 0 Å². The molecule has 5 heterocycles. The lowest BCUT2D eigenvalue weighted by molar-refractivity contribution is -1.01. The van der Waals surface area contributed by atoms with Crippen molar-refractivity contribution in [2.75, 3.05) is 0 Å². The molecule has 0 bridgehead atoms. The molecule has 0 saturated heterocycles. The van der Waals surface area contributed by atoms with Crippen LogP contribution >= 0.6 is 0 Å². The van der Waals surface area contributed by atoms with E-state index in [0.717, 1.165) is 11.5 Å². The zero-order valence-corrected chi connectivity index (χ0v) is 23.1. The van der Waals surface area contributed by atoms with Gasteiger partial charge in [-0.3, -0.25) is 0 Å². The number of aromatic nitrogens is 3. The molecule has 9 rings (SSSR count). The summed E-state index contributed by atoms with van der Waals surface area (Å²) in [5.41, 5.74) is 14.6. The third-order valence-electron chi connectivity index (χ3n) is 9.40. The van der Waals surface area contributed by atoms with Crippen molar-refractivity contribution in [1.82, 2.24) is 4.68 Å². The molecule has 2 aromatic heterocycles. The molecule has 1 spiro atoms. The summed E-state index contributed by atoms with van der Waals surface area (Å²) in [4.78, 5) is 0. The Labute approximate surface area is 233 Å². The largest absolute Gasteiger partial charge is 0.459 e. The fourth-order valence-corrected chi connectivity index (χ4v) is 8.16. The molecule has 3 aliphatic heterocycles. The molecule has 1 aliphatic carbocycles. The normalized spacial score (nSPS) is 20.6. The van der Waals surface area contributed by atoms with Crippen LogP contribution in [0, 0.1) is 33.6 Å². The SMILES string of the molecule is Cc1cc(-c2ccccc2)cc(C)c1C1=C2Oc3cccc4c3C3(C2C(=C1)c1cccc[n+]13)[n+]1c(C)cc(C)n1-4. The molecule has 4 nitrogen and oxygen atoms in total. The van der Waals surface area contributed by atoms with E-state index >= 15 is 0 Å². The number of hydrogen-bond donors (Lipinski definition) is 0. The van der Waals surface area contributed by atoms with E-state index in [9.17, 15) is 0 Å². The Bertz CT molecular complexity index is 2000. The molecule has 0 amide bonds. The number of hydrogen-bond acceptors (Lipinski definition) is 1. The summed E-state index contributed by atoms with van der Waals surface area (Å²) in [5, 5.41) is 0. The van der Waals surface area contributed by atoms with Gasteiger partial charge in [0.2, 0.25) is 11.4 Å². The zero-order chi connectivity index (χ0) is 26.9. The highest BCUT2D eigenvalue weighted by atomic mass is 16.5. The molecule has 3 aromatic carbocycles. The Hall–Kier alpha value is -4.70. The highest BCUT2D eigenvalue weighted by Crippen LogP contribution is 2.60. The van der Waals surface area contributed by atoms with Crippen LogP contribution in [0.5, 0.6) is 5.75 Å². The topological polar surface area (TPSA) is 21.9 Å². The van der Waals surface area contributed by atoms with Crippen LogP contribution < -0.4 is 14.0 Å². The second kappa shape index (κ2) is 7.28. The summed E-state index contributed by atoms with van der Waals surface area (Å²) in [6.45, 7) is 8.92. The molecule has 4 heteroatoms. The molecule has 2 unspecified atom stereocenters. The maximum absolute atomic E-state index is 7.01. The molecule has 0 fully saturated rings. The Kier molecular flexibility index (Phi) is 4.03. The smallest absolute Gasteiger partial charge is 0.430 e. The van der Waals surface area contributed by atoms with E-state index in [0.29, 0.717) is 0 Å². The van der Waals surface area contributed by atoms with Gasteiger partial charge in [0.05, 0.1) is 11.3 Å². The Morgan fingerprint density at radius 1 is 0.800 bits per heavy atom. The van der Waals surface area contributed by atoms with E-state index in [-0.39, 0.29) is 5.92 Å². The first-order chi connectivity index (χ1) is 19.5. The zero-order valence-electron chi connectivity index (χ0n) is 23.1. The highest BCUT2D eigenvalue weighted by molar-refractivity contribution is 5.95. The number of fused-ring (bicyclic) bond motifs is 4.